The molecular formula is C21H26N4OS. The highest BCUT2D eigenvalue weighted by Gasteiger charge is 2.24. The first-order valence-corrected chi connectivity index (χ1v) is 10.8. The van der Waals surface area contributed by atoms with Gasteiger partial charge >= 0.3 is 0 Å². The molecule has 1 aromatic heterocycles. The predicted octanol–water partition coefficient (Wildman–Crippen LogP) is 3.16. The maximum Gasteiger partial charge on any atom is 0.216 e. The Morgan fingerprint density at radius 1 is 1.15 bits per heavy atom. The predicted molar refractivity (Wildman–Crippen MR) is 109 cm³/mol. The summed E-state index contributed by atoms with van der Waals surface area (Å²) < 4.78 is 0. The summed E-state index contributed by atoms with van der Waals surface area (Å²) in [6.45, 7) is 2.18. The number of fused-ring (bicyclic) bond motifs is 2. The zero-order valence-electron chi connectivity index (χ0n) is 15.8. The van der Waals surface area contributed by atoms with Gasteiger partial charge in [0.25, 0.3) is 0 Å². The van der Waals surface area contributed by atoms with Crippen LogP contribution in [0.1, 0.15) is 42.1 Å². The van der Waals surface area contributed by atoms with Crippen LogP contribution in [0.15, 0.2) is 29.4 Å². The van der Waals surface area contributed by atoms with Gasteiger partial charge in [0.05, 0.1) is 5.69 Å². The van der Waals surface area contributed by atoms with Crippen LogP contribution in [0.2, 0.25) is 0 Å². The molecule has 0 fully saturated rings. The van der Waals surface area contributed by atoms with Crippen molar-refractivity contribution in [3.8, 4) is 0 Å². The number of carbonyl (C=O) groups excluding carboxylic acids is 1. The third-order valence-electron chi connectivity index (χ3n) is 5.26. The number of benzene rings is 1. The monoisotopic (exact) mass is 382 g/mol. The molecule has 0 radical (unpaired) electrons. The number of carbonyl (C=O) groups is 1. The van der Waals surface area contributed by atoms with E-state index in [9.17, 15) is 4.79 Å². The maximum atomic E-state index is 11.0. The quantitative estimate of drug-likeness (QED) is 0.456. The Kier molecular flexibility index (Phi) is 5.62. The number of thioether (sulfide) groups is 1. The molecule has 0 bridgehead atoms. The molecule has 5 nitrogen and oxygen atoms in total. The smallest absolute Gasteiger partial charge is 0.216 e. The van der Waals surface area contributed by atoms with E-state index in [0.29, 0.717) is 12.6 Å². The molecule has 6 heteroatoms. The zero-order chi connectivity index (χ0) is 18.6. The van der Waals surface area contributed by atoms with Crippen molar-refractivity contribution < 1.29 is 4.79 Å². The van der Waals surface area contributed by atoms with Gasteiger partial charge in [-0.05, 0) is 49.7 Å². The standard InChI is InChI=1S/C21H26N4OS/c1-14(26)22-10-11-27-21-24-19-9-5-4-8-18(19)20(25-21)23-17-12-15-6-2-3-7-16(15)13-17/h2-3,6-7,17H,4-5,8-13H2,1H3,(H,22,26)(H,23,24,25). The topological polar surface area (TPSA) is 66.9 Å². The number of amides is 1. The van der Waals surface area contributed by atoms with E-state index in [-0.39, 0.29) is 5.91 Å². The number of rotatable bonds is 6. The summed E-state index contributed by atoms with van der Waals surface area (Å²) in [5.41, 5.74) is 5.41. The van der Waals surface area contributed by atoms with E-state index in [1.807, 2.05) is 0 Å². The molecule has 142 valence electrons. The van der Waals surface area contributed by atoms with Crippen LogP contribution in [-0.2, 0) is 30.5 Å². The van der Waals surface area contributed by atoms with Crippen LogP contribution in [0, 0.1) is 0 Å². The number of hydrogen-bond donors (Lipinski definition) is 2. The summed E-state index contributed by atoms with van der Waals surface area (Å²) in [7, 11) is 0. The molecule has 0 saturated carbocycles. The van der Waals surface area contributed by atoms with Gasteiger partial charge in [0.15, 0.2) is 5.16 Å². The highest BCUT2D eigenvalue weighted by molar-refractivity contribution is 7.99. The minimum atomic E-state index is 0.00474. The lowest BCUT2D eigenvalue weighted by Gasteiger charge is -2.22. The van der Waals surface area contributed by atoms with Crippen molar-refractivity contribution in [2.75, 3.05) is 17.6 Å². The van der Waals surface area contributed by atoms with Crippen LogP contribution in [0.5, 0.6) is 0 Å². The van der Waals surface area contributed by atoms with Crippen LogP contribution < -0.4 is 10.6 Å². The first-order chi connectivity index (χ1) is 13.2. The third-order valence-corrected chi connectivity index (χ3v) is 6.11. The second kappa shape index (κ2) is 8.30. The molecule has 1 amide bonds. The maximum absolute atomic E-state index is 11.0. The van der Waals surface area contributed by atoms with Crippen LogP contribution in [-0.4, -0.2) is 34.2 Å². The lowest BCUT2D eigenvalue weighted by atomic mass is 9.96. The highest BCUT2D eigenvalue weighted by atomic mass is 32.2. The molecule has 1 heterocycles. The molecule has 2 aromatic rings. The van der Waals surface area contributed by atoms with E-state index in [0.717, 1.165) is 42.4 Å². The normalized spacial score (nSPS) is 15.9. The largest absolute Gasteiger partial charge is 0.366 e. The fourth-order valence-electron chi connectivity index (χ4n) is 3.98. The Bertz CT molecular complexity index is 814. The van der Waals surface area contributed by atoms with Crippen molar-refractivity contribution in [1.82, 2.24) is 15.3 Å². The van der Waals surface area contributed by atoms with Gasteiger partial charge in [-0.2, -0.15) is 0 Å². The van der Waals surface area contributed by atoms with Crippen molar-refractivity contribution in [2.24, 2.45) is 0 Å². The van der Waals surface area contributed by atoms with Gasteiger partial charge < -0.3 is 10.6 Å². The Morgan fingerprint density at radius 3 is 2.63 bits per heavy atom. The molecule has 27 heavy (non-hydrogen) atoms. The lowest BCUT2D eigenvalue weighted by molar-refractivity contribution is -0.118. The second-order valence-electron chi connectivity index (χ2n) is 7.34. The van der Waals surface area contributed by atoms with E-state index >= 15 is 0 Å². The van der Waals surface area contributed by atoms with Crippen molar-refractivity contribution in [3.05, 3.63) is 46.6 Å². The number of aryl methyl sites for hydroxylation is 1. The fourth-order valence-corrected chi connectivity index (χ4v) is 4.70. The second-order valence-corrected chi connectivity index (χ2v) is 8.40. The van der Waals surface area contributed by atoms with Gasteiger partial charge in [-0.25, -0.2) is 9.97 Å². The van der Waals surface area contributed by atoms with Crippen molar-refractivity contribution in [3.63, 3.8) is 0 Å². The van der Waals surface area contributed by atoms with E-state index < -0.39 is 0 Å². The van der Waals surface area contributed by atoms with Gasteiger partial charge in [-0.3, -0.25) is 4.79 Å². The Balaban J connectivity index is 1.49. The summed E-state index contributed by atoms with van der Waals surface area (Å²) in [4.78, 5) is 20.7. The molecule has 0 spiro atoms. The summed E-state index contributed by atoms with van der Waals surface area (Å²) in [6.07, 6.45) is 6.63. The Morgan fingerprint density at radius 2 is 1.89 bits per heavy atom. The van der Waals surface area contributed by atoms with Crippen LogP contribution in [0.4, 0.5) is 5.82 Å². The number of anilines is 1. The summed E-state index contributed by atoms with van der Waals surface area (Å²) in [5, 5.41) is 7.38. The molecular weight excluding hydrogens is 356 g/mol. The fraction of sp³-hybridized carbons (Fsp3) is 0.476. The van der Waals surface area contributed by atoms with Gasteiger partial charge in [-0.15, -0.1) is 0 Å². The van der Waals surface area contributed by atoms with E-state index in [1.165, 1.54) is 35.2 Å². The van der Waals surface area contributed by atoms with Crippen molar-refractivity contribution >= 4 is 23.5 Å². The summed E-state index contributed by atoms with van der Waals surface area (Å²) in [6, 6.07) is 9.11. The number of aromatic nitrogens is 2. The SMILES string of the molecule is CC(=O)NCCSc1nc2c(c(NC3Cc4ccccc4C3)n1)CCCC2. The first-order valence-electron chi connectivity index (χ1n) is 9.79. The molecule has 0 aliphatic heterocycles. The highest BCUT2D eigenvalue weighted by Crippen LogP contribution is 2.30. The number of hydrogen-bond acceptors (Lipinski definition) is 5. The molecule has 0 unspecified atom stereocenters. The van der Waals surface area contributed by atoms with Gasteiger partial charge in [0.1, 0.15) is 5.82 Å². The lowest BCUT2D eigenvalue weighted by Crippen LogP contribution is -2.24. The average Bonchev–Trinajstić information content (AvgIpc) is 3.07. The van der Waals surface area contributed by atoms with Gasteiger partial charge in [0.2, 0.25) is 5.91 Å². The summed E-state index contributed by atoms with van der Waals surface area (Å²) >= 11 is 1.62. The Labute approximate surface area is 164 Å². The minimum absolute atomic E-state index is 0.00474. The molecule has 2 aliphatic carbocycles. The zero-order valence-corrected chi connectivity index (χ0v) is 16.6. The third kappa shape index (κ3) is 4.43. The minimum Gasteiger partial charge on any atom is -0.366 e. The average molecular weight is 383 g/mol. The molecule has 0 atom stereocenters. The first kappa shape index (κ1) is 18.3. The molecule has 0 saturated heterocycles. The summed E-state index contributed by atoms with van der Waals surface area (Å²) in [5.74, 6) is 1.82. The van der Waals surface area contributed by atoms with Gasteiger partial charge in [0, 0.05) is 30.8 Å². The van der Waals surface area contributed by atoms with Crippen molar-refractivity contribution in [2.45, 2.75) is 56.6 Å². The molecule has 2 aliphatic rings. The number of nitrogens with one attached hydrogen (secondary N) is 2. The van der Waals surface area contributed by atoms with Crippen LogP contribution >= 0.6 is 11.8 Å². The molecule has 1 aromatic carbocycles. The van der Waals surface area contributed by atoms with Crippen LogP contribution in [0.25, 0.3) is 0 Å². The van der Waals surface area contributed by atoms with E-state index in [4.69, 9.17) is 9.97 Å². The van der Waals surface area contributed by atoms with Crippen LogP contribution in [0.3, 0.4) is 0 Å². The number of nitrogens with zero attached hydrogens (tertiary/aromatic N) is 2. The molecule has 2 N–H and O–H groups in total. The van der Waals surface area contributed by atoms with Gasteiger partial charge in [-0.1, -0.05) is 36.0 Å². The van der Waals surface area contributed by atoms with E-state index in [2.05, 4.69) is 34.9 Å². The Hall–Kier alpha value is -2.08. The molecule has 4 rings (SSSR count). The van der Waals surface area contributed by atoms with Crippen molar-refractivity contribution in [1.29, 1.82) is 0 Å². The van der Waals surface area contributed by atoms with E-state index in [1.54, 1.807) is 18.7 Å².